The summed E-state index contributed by atoms with van der Waals surface area (Å²) in [4.78, 5) is 26.7. The molecule has 0 saturated heterocycles. The summed E-state index contributed by atoms with van der Waals surface area (Å²) >= 11 is 0. The van der Waals surface area contributed by atoms with Crippen molar-refractivity contribution in [1.29, 1.82) is 0 Å². The average Bonchev–Trinajstić information content (AvgIpc) is 2.75. The van der Waals surface area contributed by atoms with Crippen LogP contribution in [-0.4, -0.2) is 50.7 Å². The van der Waals surface area contributed by atoms with Gasteiger partial charge in [-0.3, -0.25) is 9.59 Å². The van der Waals surface area contributed by atoms with Crippen LogP contribution in [0.4, 0.5) is 0 Å². The van der Waals surface area contributed by atoms with Crippen LogP contribution >= 0.6 is 0 Å². The van der Waals surface area contributed by atoms with Crippen LogP contribution in [0.15, 0.2) is 24.3 Å². The van der Waals surface area contributed by atoms with Crippen molar-refractivity contribution in [3.8, 4) is 11.5 Å². The summed E-state index contributed by atoms with van der Waals surface area (Å²) in [7, 11) is 4.54. The number of benzene rings is 1. The number of hydrogen-bond acceptors (Lipinski definition) is 5. The third-order valence-electron chi connectivity index (χ3n) is 5.20. The molecule has 1 unspecified atom stereocenters. The van der Waals surface area contributed by atoms with Crippen LogP contribution < -0.4 is 9.47 Å². The number of nitrogens with zero attached hydrogens (tertiary/aromatic N) is 1. The zero-order valence-electron chi connectivity index (χ0n) is 17.3. The Hall–Kier alpha value is -2.50. The minimum Gasteiger partial charge on any atom is -0.493 e. The SMILES string of the molecule is COC(=O)C(C)CN(C(=O)/C=C/c1ccc(OC)c(OC)c1)C1CCCCC1. The Bertz CT molecular complexity index is 694. The number of carbonyl (C=O) groups excluding carboxylic acids is 2. The molecule has 154 valence electrons. The van der Waals surface area contributed by atoms with Crippen LogP contribution in [0, 0.1) is 5.92 Å². The highest BCUT2D eigenvalue weighted by atomic mass is 16.5. The summed E-state index contributed by atoms with van der Waals surface area (Å²) < 4.78 is 15.4. The zero-order valence-corrected chi connectivity index (χ0v) is 17.3. The molecule has 1 atom stereocenters. The maximum Gasteiger partial charge on any atom is 0.310 e. The van der Waals surface area contributed by atoms with E-state index in [-0.39, 0.29) is 23.8 Å². The third-order valence-corrected chi connectivity index (χ3v) is 5.20. The quantitative estimate of drug-likeness (QED) is 0.501. The zero-order chi connectivity index (χ0) is 20.5. The van der Waals surface area contributed by atoms with E-state index < -0.39 is 0 Å². The highest BCUT2D eigenvalue weighted by Gasteiger charge is 2.27. The molecule has 0 spiro atoms. The van der Waals surface area contributed by atoms with Crippen molar-refractivity contribution in [3.63, 3.8) is 0 Å². The van der Waals surface area contributed by atoms with Gasteiger partial charge in [0.25, 0.3) is 0 Å². The number of carbonyl (C=O) groups is 2. The molecule has 1 aliphatic carbocycles. The summed E-state index contributed by atoms with van der Waals surface area (Å²) in [5.74, 6) is 0.516. The van der Waals surface area contributed by atoms with E-state index in [0.717, 1.165) is 31.2 Å². The van der Waals surface area contributed by atoms with Crippen LogP contribution in [0.2, 0.25) is 0 Å². The average molecular weight is 389 g/mol. The van der Waals surface area contributed by atoms with E-state index in [9.17, 15) is 9.59 Å². The first kappa shape index (κ1) is 21.8. The second kappa shape index (κ2) is 10.7. The minimum atomic E-state index is -0.356. The number of ether oxygens (including phenoxy) is 3. The largest absolute Gasteiger partial charge is 0.493 e. The second-order valence-corrected chi connectivity index (χ2v) is 7.15. The van der Waals surface area contributed by atoms with E-state index in [2.05, 4.69) is 0 Å². The summed E-state index contributed by atoms with van der Waals surface area (Å²) in [6, 6.07) is 5.67. The molecule has 0 aromatic heterocycles. The first-order valence-electron chi connectivity index (χ1n) is 9.78. The lowest BCUT2D eigenvalue weighted by molar-refractivity contribution is -0.146. The highest BCUT2D eigenvalue weighted by molar-refractivity contribution is 5.92. The van der Waals surface area contributed by atoms with Crippen LogP contribution in [0.1, 0.15) is 44.6 Å². The van der Waals surface area contributed by atoms with E-state index in [1.165, 1.54) is 13.5 Å². The summed E-state index contributed by atoms with van der Waals surface area (Å²) in [5.41, 5.74) is 0.843. The molecule has 1 saturated carbocycles. The van der Waals surface area contributed by atoms with Gasteiger partial charge in [0.05, 0.1) is 27.2 Å². The smallest absolute Gasteiger partial charge is 0.310 e. The number of hydrogen-bond donors (Lipinski definition) is 0. The van der Waals surface area contributed by atoms with Gasteiger partial charge in [-0.2, -0.15) is 0 Å². The van der Waals surface area contributed by atoms with Gasteiger partial charge in [0.15, 0.2) is 11.5 Å². The second-order valence-electron chi connectivity index (χ2n) is 7.15. The van der Waals surface area contributed by atoms with Crippen molar-refractivity contribution in [3.05, 3.63) is 29.8 Å². The van der Waals surface area contributed by atoms with Crippen molar-refractivity contribution in [2.45, 2.75) is 45.1 Å². The van der Waals surface area contributed by atoms with Crippen molar-refractivity contribution < 1.29 is 23.8 Å². The fourth-order valence-electron chi connectivity index (χ4n) is 3.60. The minimum absolute atomic E-state index is 0.0857. The van der Waals surface area contributed by atoms with E-state index in [1.54, 1.807) is 39.4 Å². The van der Waals surface area contributed by atoms with Gasteiger partial charge in [-0.1, -0.05) is 32.3 Å². The number of amides is 1. The Kier molecular flexibility index (Phi) is 8.36. The highest BCUT2D eigenvalue weighted by Crippen LogP contribution is 2.28. The normalized spacial score (nSPS) is 15.9. The van der Waals surface area contributed by atoms with E-state index in [0.29, 0.717) is 18.0 Å². The Labute approximate surface area is 167 Å². The van der Waals surface area contributed by atoms with Gasteiger partial charge in [0.2, 0.25) is 5.91 Å². The molecule has 6 nitrogen and oxygen atoms in total. The van der Waals surface area contributed by atoms with Gasteiger partial charge >= 0.3 is 5.97 Å². The predicted octanol–water partition coefficient (Wildman–Crippen LogP) is 3.69. The molecule has 0 bridgehead atoms. The van der Waals surface area contributed by atoms with Gasteiger partial charge in [-0.15, -0.1) is 0 Å². The maximum atomic E-state index is 13.0. The van der Waals surface area contributed by atoms with Crippen molar-refractivity contribution in [2.24, 2.45) is 5.92 Å². The monoisotopic (exact) mass is 389 g/mol. The van der Waals surface area contributed by atoms with E-state index in [4.69, 9.17) is 14.2 Å². The first-order chi connectivity index (χ1) is 13.5. The standard InChI is InChI=1S/C22H31NO5/c1-16(22(25)28-4)15-23(18-8-6-5-7-9-18)21(24)13-11-17-10-12-19(26-2)20(14-17)27-3/h10-14,16,18H,5-9,15H2,1-4H3/b13-11+. The van der Waals surface area contributed by atoms with Crippen molar-refractivity contribution in [1.82, 2.24) is 4.90 Å². The fraction of sp³-hybridized carbons (Fsp3) is 0.545. The van der Waals surface area contributed by atoms with E-state index >= 15 is 0 Å². The molecule has 6 heteroatoms. The molecule has 1 aromatic rings. The molecule has 2 rings (SSSR count). The molecular formula is C22H31NO5. The topological polar surface area (TPSA) is 65.1 Å². The van der Waals surface area contributed by atoms with Gasteiger partial charge in [0.1, 0.15) is 0 Å². The fourth-order valence-corrected chi connectivity index (χ4v) is 3.60. The molecule has 1 aliphatic rings. The van der Waals surface area contributed by atoms with Gasteiger partial charge in [-0.25, -0.2) is 0 Å². The van der Waals surface area contributed by atoms with Crippen molar-refractivity contribution >= 4 is 18.0 Å². The molecule has 0 radical (unpaired) electrons. The van der Waals surface area contributed by atoms with Crippen LogP contribution in [-0.2, 0) is 14.3 Å². The lowest BCUT2D eigenvalue weighted by Gasteiger charge is -2.35. The number of rotatable bonds is 8. The van der Waals surface area contributed by atoms with Crippen LogP contribution in [0.25, 0.3) is 6.08 Å². The number of esters is 1. The Morgan fingerprint density at radius 1 is 1.11 bits per heavy atom. The number of methoxy groups -OCH3 is 3. The molecule has 1 fully saturated rings. The summed E-state index contributed by atoms with van der Waals surface area (Å²) in [6.45, 7) is 2.17. The predicted molar refractivity (Wildman–Crippen MR) is 108 cm³/mol. The van der Waals surface area contributed by atoms with Gasteiger partial charge < -0.3 is 19.1 Å². The molecule has 28 heavy (non-hydrogen) atoms. The molecule has 1 amide bonds. The lowest BCUT2D eigenvalue weighted by Crippen LogP contribution is -2.44. The Morgan fingerprint density at radius 2 is 1.79 bits per heavy atom. The molecule has 0 N–H and O–H groups in total. The van der Waals surface area contributed by atoms with E-state index in [1.807, 2.05) is 17.0 Å². The molecule has 0 heterocycles. The van der Waals surface area contributed by atoms with Crippen LogP contribution in [0.5, 0.6) is 11.5 Å². The molecule has 0 aliphatic heterocycles. The molecule has 1 aromatic carbocycles. The lowest BCUT2D eigenvalue weighted by atomic mass is 9.93. The summed E-state index contributed by atoms with van der Waals surface area (Å²) in [5, 5.41) is 0. The molecular weight excluding hydrogens is 358 g/mol. The Balaban J connectivity index is 2.16. The van der Waals surface area contributed by atoms with Crippen molar-refractivity contribution in [2.75, 3.05) is 27.9 Å². The van der Waals surface area contributed by atoms with Gasteiger partial charge in [-0.05, 0) is 36.6 Å². The van der Waals surface area contributed by atoms with Gasteiger partial charge in [0, 0.05) is 18.7 Å². The first-order valence-corrected chi connectivity index (χ1v) is 9.78. The summed E-state index contributed by atoms with van der Waals surface area (Å²) in [6.07, 6.45) is 8.71. The Morgan fingerprint density at radius 3 is 2.39 bits per heavy atom. The van der Waals surface area contributed by atoms with Crippen LogP contribution in [0.3, 0.4) is 0 Å². The third kappa shape index (κ3) is 5.75. The maximum absolute atomic E-state index is 13.0.